The Morgan fingerprint density at radius 2 is 1.50 bits per heavy atom. The monoisotopic (exact) mass is 415 g/mol. The summed E-state index contributed by atoms with van der Waals surface area (Å²) in [6.07, 6.45) is 0. The molecule has 0 saturated carbocycles. The molecule has 7 heteroatoms. The Morgan fingerprint density at radius 1 is 0.867 bits per heavy atom. The number of aromatic nitrogens is 4. The van der Waals surface area contributed by atoms with Gasteiger partial charge in [0.05, 0.1) is 12.1 Å². The fourth-order valence-corrected chi connectivity index (χ4v) is 4.66. The van der Waals surface area contributed by atoms with Crippen molar-refractivity contribution in [2.24, 2.45) is 7.05 Å². The molecule has 3 aromatic heterocycles. The SMILES string of the molecule is Cn1c(=O)c2sccc2n2c(CN(Cc3ccccc3)Cc3ccccc3)nnc12. The molecule has 0 spiro atoms. The highest BCUT2D eigenvalue weighted by Gasteiger charge is 2.18. The van der Waals surface area contributed by atoms with Gasteiger partial charge >= 0.3 is 0 Å². The van der Waals surface area contributed by atoms with E-state index in [4.69, 9.17) is 0 Å². The lowest BCUT2D eigenvalue weighted by Crippen LogP contribution is -2.24. The summed E-state index contributed by atoms with van der Waals surface area (Å²) in [7, 11) is 1.75. The van der Waals surface area contributed by atoms with Gasteiger partial charge in [-0.25, -0.2) is 0 Å². The van der Waals surface area contributed by atoms with Crippen molar-refractivity contribution in [3.63, 3.8) is 0 Å². The number of rotatable bonds is 6. The molecule has 0 aliphatic carbocycles. The third-order valence-electron chi connectivity index (χ3n) is 5.26. The van der Waals surface area contributed by atoms with Gasteiger partial charge in [0.25, 0.3) is 5.56 Å². The number of aryl methyl sites for hydroxylation is 1. The summed E-state index contributed by atoms with van der Waals surface area (Å²) < 4.78 is 4.31. The Morgan fingerprint density at radius 3 is 2.13 bits per heavy atom. The van der Waals surface area contributed by atoms with E-state index in [9.17, 15) is 4.79 Å². The Labute approximate surface area is 177 Å². The lowest BCUT2D eigenvalue weighted by atomic mass is 10.1. The van der Waals surface area contributed by atoms with Crippen molar-refractivity contribution in [1.29, 1.82) is 0 Å². The van der Waals surface area contributed by atoms with E-state index in [1.807, 2.05) is 28.0 Å². The molecular formula is C23H21N5OS. The Kier molecular flexibility index (Phi) is 4.90. The third kappa shape index (κ3) is 3.42. The minimum Gasteiger partial charge on any atom is -0.287 e. The molecule has 0 unspecified atom stereocenters. The van der Waals surface area contributed by atoms with Gasteiger partial charge in [-0.3, -0.25) is 18.7 Å². The molecule has 0 fully saturated rings. The molecule has 0 aliphatic rings. The average Bonchev–Trinajstić information content (AvgIpc) is 3.41. The molecule has 6 nitrogen and oxygen atoms in total. The van der Waals surface area contributed by atoms with Crippen LogP contribution in [0.3, 0.4) is 0 Å². The van der Waals surface area contributed by atoms with E-state index in [-0.39, 0.29) is 5.56 Å². The van der Waals surface area contributed by atoms with Gasteiger partial charge in [0.1, 0.15) is 4.70 Å². The second kappa shape index (κ2) is 7.85. The minimum atomic E-state index is -0.0307. The van der Waals surface area contributed by atoms with E-state index in [0.29, 0.717) is 12.3 Å². The molecule has 0 aliphatic heterocycles. The standard InChI is InChI=1S/C23H21N5OS/c1-26-22(29)21-19(12-13-30-21)28-20(24-25-23(26)28)16-27(14-17-8-4-2-5-9-17)15-18-10-6-3-7-11-18/h2-13H,14-16H2,1H3. The van der Waals surface area contributed by atoms with Crippen molar-refractivity contribution >= 4 is 27.3 Å². The van der Waals surface area contributed by atoms with Crippen molar-refractivity contribution in [1.82, 2.24) is 24.1 Å². The summed E-state index contributed by atoms with van der Waals surface area (Å²) in [5, 5.41) is 10.7. The van der Waals surface area contributed by atoms with Crippen LogP contribution in [-0.4, -0.2) is 24.1 Å². The molecule has 0 amide bonds. The van der Waals surface area contributed by atoms with Crippen LogP contribution in [0.2, 0.25) is 0 Å². The van der Waals surface area contributed by atoms with Crippen molar-refractivity contribution in [2.45, 2.75) is 19.6 Å². The maximum atomic E-state index is 12.6. The normalized spacial score (nSPS) is 11.7. The van der Waals surface area contributed by atoms with E-state index in [0.717, 1.165) is 29.1 Å². The molecule has 0 saturated heterocycles. The van der Waals surface area contributed by atoms with Crippen LogP contribution in [0.4, 0.5) is 0 Å². The van der Waals surface area contributed by atoms with Crippen LogP contribution in [0.15, 0.2) is 76.9 Å². The lowest BCUT2D eigenvalue weighted by Gasteiger charge is -2.22. The van der Waals surface area contributed by atoms with Gasteiger partial charge in [-0.15, -0.1) is 21.5 Å². The van der Waals surface area contributed by atoms with Gasteiger partial charge < -0.3 is 0 Å². The number of benzene rings is 2. The summed E-state index contributed by atoms with van der Waals surface area (Å²) in [6.45, 7) is 2.21. The fourth-order valence-electron chi connectivity index (χ4n) is 3.81. The number of hydrogen-bond acceptors (Lipinski definition) is 5. The summed E-state index contributed by atoms with van der Waals surface area (Å²) >= 11 is 1.46. The maximum Gasteiger partial charge on any atom is 0.272 e. The lowest BCUT2D eigenvalue weighted by molar-refractivity contribution is 0.240. The van der Waals surface area contributed by atoms with E-state index in [2.05, 4.69) is 63.6 Å². The molecule has 30 heavy (non-hydrogen) atoms. The zero-order valence-corrected chi connectivity index (χ0v) is 17.4. The van der Waals surface area contributed by atoms with E-state index in [1.54, 1.807) is 11.6 Å². The predicted octanol–water partition coefficient (Wildman–Crippen LogP) is 3.85. The first-order valence-corrected chi connectivity index (χ1v) is 10.7. The minimum absolute atomic E-state index is 0.0307. The average molecular weight is 416 g/mol. The molecule has 0 radical (unpaired) electrons. The highest BCUT2D eigenvalue weighted by atomic mass is 32.1. The van der Waals surface area contributed by atoms with Crippen molar-refractivity contribution < 1.29 is 0 Å². The summed E-state index contributed by atoms with van der Waals surface area (Å²) in [4.78, 5) is 15.0. The highest BCUT2D eigenvalue weighted by molar-refractivity contribution is 7.17. The van der Waals surface area contributed by atoms with Gasteiger partial charge in [0.2, 0.25) is 5.78 Å². The maximum absolute atomic E-state index is 12.6. The van der Waals surface area contributed by atoms with Gasteiger partial charge in [0, 0.05) is 20.1 Å². The fraction of sp³-hybridized carbons (Fsp3) is 0.174. The molecule has 0 N–H and O–H groups in total. The van der Waals surface area contributed by atoms with Gasteiger partial charge in [-0.1, -0.05) is 60.7 Å². The molecule has 5 rings (SSSR count). The summed E-state index contributed by atoms with van der Waals surface area (Å²) in [6, 6.07) is 22.8. The third-order valence-corrected chi connectivity index (χ3v) is 6.15. The molecule has 5 aromatic rings. The van der Waals surface area contributed by atoms with Crippen LogP contribution in [-0.2, 0) is 26.7 Å². The highest BCUT2D eigenvalue weighted by Crippen LogP contribution is 2.21. The van der Waals surface area contributed by atoms with E-state index in [1.165, 1.54) is 22.5 Å². The zero-order valence-electron chi connectivity index (χ0n) is 16.6. The Bertz CT molecular complexity index is 1310. The smallest absolute Gasteiger partial charge is 0.272 e. The molecular weight excluding hydrogens is 394 g/mol. The molecule has 3 heterocycles. The summed E-state index contributed by atoms with van der Waals surface area (Å²) in [5.41, 5.74) is 3.33. The van der Waals surface area contributed by atoms with Crippen molar-refractivity contribution in [3.05, 3.63) is 99.4 Å². The Balaban J connectivity index is 1.56. The largest absolute Gasteiger partial charge is 0.287 e. The van der Waals surface area contributed by atoms with Crippen LogP contribution >= 0.6 is 11.3 Å². The van der Waals surface area contributed by atoms with Crippen LogP contribution < -0.4 is 5.56 Å². The molecule has 0 bridgehead atoms. The first-order chi connectivity index (χ1) is 14.7. The molecule has 150 valence electrons. The van der Waals surface area contributed by atoms with Gasteiger partial charge in [-0.05, 0) is 22.6 Å². The van der Waals surface area contributed by atoms with Crippen LogP contribution in [0.1, 0.15) is 17.0 Å². The van der Waals surface area contributed by atoms with Crippen LogP contribution in [0.5, 0.6) is 0 Å². The van der Waals surface area contributed by atoms with Crippen LogP contribution in [0.25, 0.3) is 16.0 Å². The first-order valence-electron chi connectivity index (χ1n) is 9.81. The second-order valence-electron chi connectivity index (χ2n) is 7.37. The Hall–Kier alpha value is -3.29. The van der Waals surface area contributed by atoms with Crippen molar-refractivity contribution in [2.75, 3.05) is 0 Å². The quantitative estimate of drug-likeness (QED) is 0.423. The topological polar surface area (TPSA) is 55.4 Å². The van der Waals surface area contributed by atoms with Gasteiger partial charge in [0.15, 0.2) is 5.82 Å². The van der Waals surface area contributed by atoms with E-state index < -0.39 is 0 Å². The van der Waals surface area contributed by atoms with Crippen LogP contribution in [0, 0.1) is 0 Å². The summed E-state index contributed by atoms with van der Waals surface area (Å²) in [5.74, 6) is 1.40. The zero-order chi connectivity index (χ0) is 20.5. The molecule has 2 aromatic carbocycles. The first kappa shape index (κ1) is 18.7. The molecule has 0 atom stereocenters. The number of fused-ring (bicyclic) bond motifs is 3. The number of thiophene rings is 1. The van der Waals surface area contributed by atoms with Crippen molar-refractivity contribution in [3.8, 4) is 0 Å². The van der Waals surface area contributed by atoms with E-state index >= 15 is 0 Å². The number of hydrogen-bond donors (Lipinski definition) is 0. The predicted molar refractivity (Wildman–Crippen MR) is 119 cm³/mol. The second-order valence-corrected chi connectivity index (χ2v) is 8.28. The van der Waals surface area contributed by atoms with Gasteiger partial charge in [-0.2, -0.15) is 0 Å². The number of nitrogens with zero attached hydrogens (tertiary/aromatic N) is 5.